The van der Waals surface area contributed by atoms with Crippen LogP contribution in [0, 0.1) is 6.92 Å². The van der Waals surface area contributed by atoms with E-state index in [9.17, 15) is 9.59 Å². The van der Waals surface area contributed by atoms with E-state index in [0.29, 0.717) is 24.2 Å². The Hall–Kier alpha value is -2.04. The van der Waals surface area contributed by atoms with Gasteiger partial charge in [-0.25, -0.2) is 0 Å². The summed E-state index contributed by atoms with van der Waals surface area (Å²) in [6, 6.07) is 5.03. The van der Waals surface area contributed by atoms with Crippen molar-refractivity contribution < 1.29 is 9.59 Å². The van der Waals surface area contributed by atoms with E-state index in [2.05, 4.69) is 0 Å². The second kappa shape index (κ2) is 5.53. The van der Waals surface area contributed by atoms with Crippen molar-refractivity contribution in [3.8, 4) is 0 Å². The molecule has 0 aliphatic carbocycles. The van der Waals surface area contributed by atoms with Crippen molar-refractivity contribution in [3.63, 3.8) is 0 Å². The fourth-order valence-electron chi connectivity index (χ4n) is 2.57. The third-order valence-corrected chi connectivity index (χ3v) is 3.68. The molecule has 1 atom stereocenters. The van der Waals surface area contributed by atoms with E-state index in [1.165, 1.54) is 4.90 Å². The lowest BCUT2D eigenvalue weighted by Crippen LogP contribution is -2.45. The number of nitrogens with zero attached hydrogens (tertiary/aromatic N) is 2. The molecule has 0 bridgehead atoms. The molecule has 1 fully saturated rings. The van der Waals surface area contributed by atoms with Gasteiger partial charge >= 0.3 is 0 Å². The van der Waals surface area contributed by atoms with Gasteiger partial charge in [0.1, 0.15) is 6.04 Å². The molecule has 2 rings (SSSR count). The molecule has 0 saturated carbocycles. The Morgan fingerprint density at radius 3 is 2.70 bits per heavy atom. The first-order chi connectivity index (χ1) is 9.41. The number of benzene rings is 1. The minimum absolute atomic E-state index is 0.0259. The first-order valence-corrected chi connectivity index (χ1v) is 6.80. The second-order valence-electron chi connectivity index (χ2n) is 5.48. The molecule has 0 radical (unpaired) electrons. The fourth-order valence-corrected chi connectivity index (χ4v) is 2.57. The van der Waals surface area contributed by atoms with Crippen molar-refractivity contribution in [2.45, 2.75) is 25.8 Å². The topological polar surface area (TPSA) is 66.6 Å². The molecule has 1 aromatic carbocycles. The molecule has 2 amide bonds. The first-order valence-electron chi connectivity index (χ1n) is 6.80. The van der Waals surface area contributed by atoms with Crippen molar-refractivity contribution >= 4 is 17.5 Å². The predicted octanol–water partition coefficient (Wildman–Crippen LogP) is 1.27. The molecule has 1 aliphatic heterocycles. The maximum atomic E-state index is 12.6. The summed E-state index contributed by atoms with van der Waals surface area (Å²) in [5.74, 6) is -0.175. The second-order valence-corrected chi connectivity index (χ2v) is 5.48. The van der Waals surface area contributed by atoms with Crippen molar-refractivity contribution in [2.75, 3.05) is 26.4 Å². The molecule has 2 N–H and O–H groups in total. The van der Waals surface area contributed by atoms with Gasteiger partial charge in [0.05, 0.1) is 5.56 Å². The largest absolute Gasteiger partial charge is 0.398 e. The lowest BCUT2D eigenvalue weighted by atomic mass is 10.1. The van der Waals surface area contributed by atoms with Gasteiger partial charge < -0.3 is 15.5 Å². The van der Waals surface area contributed by atoms with Gasteiger partial charge in [0.15, 0.2) is 0 Å². The zero-order valence-corrected chi connectivity index (χ0v) is 12.2. The number of amides is 2. The zero-order valence-electron chi connectivity index (χ0n) is 12.2. The van der Waals surface area contributed by atoms with Crippen molar-refractivity contribution in [1.29, 1.82) is 0 Å². The van der Waals surface area contributed by atoms with E-state index in [-0.39, 0.29) is 17.9 Å². The summed E-state index contributed by atoms with van der Waals surface area (Å²) < 4.78 is 0. The van der Waals surface area contributed by atoms with Gasteiger partial charge in [-0.15, -0.1) is 0 Å². The highest BCUT2D eigenvalue weighted by molar-refractivity contribution is 6.01. The molecular weight excluding hydrogens is 254 g/mol. The molecule has 0 spiro atoms. The lowest BCUT2D eigenvalue weighted by molar-refractivity contribution is -0.132. The van der Waals surface area contributed by atoms with Crippen LogP contribution in [0.2, 0.25) is 0 Å². The zero-order chi connectivity index (χ0) is 14.9. The summed E-state index contributed by atoms with van der Waals surface area (Å²) in [4.78, 5) is 28.0. The van der Waals surface area contributed by atoms with Crippen LogP contribution in [0.15, 0.2) is 18.2 Å². The van der Waals surface area contributed by atoms with E-state index < -0.39 is 0 Å². The predicted molar refractivity (Wildman–Crippen MR) is 78.3 cm³/mol. The van der Waals surface area contributed by atoms with Crippen LogP contribution in [0.3, 0.4) is 0 Å². The smallest absolute Gasteiger partial charge is 0.256 e. The SMILES string of the molecule is Cc1ccc(N)c(C(=O)N2CCCC2C(=O)N(C)C)c1. The summed E-state index contributed by atoms with van der Waals surface area (Å²) >= 11 is 0. The average molecular weight is 275 g/mol. The van der Waals surface area contributed by atoms with Crippen LogP contribution in [0.1, 0.15) is 28.8 Å². The van der Waals surface area contributed by atoms with Crippen LogP contribution >= 0.6 is 0 Å². The highest BCUT2D eigenvalue weighted by Crippen LogP contribution is 2.24. The number of hydrogen-bond acceptors (Lipinski definition) is 3. The molecule has 5 nitrogen and oxygen atoms in total. The Morgan fingerprint density at radius 1 is 1.35 bits per heavy atom. The number of carbonyl (C=O) groups is 2. The standard InChI is InChI=1S/C15H21N3O2/c1-10-6-7-12(16)11(9-10)14(19)18-8-4-5-13(18)15(20)17(2)3/h6-7,9,13H,4-5,8,16H2,1-3H3. The van der Waals surface area contributed by atoms with Crippen molar-refractivity contribution in [2.24, 2.45) is 0 Å². The van der Waals surface area contributed by atoms with Crippen LogP contribution < -0.4 is 5.73 Å². The third-order valence-electron chi connectivity index (χ3n) is 3.68. The quantitative estimate of drug-likeness (QED) is 0.827. The van der Waals surface area contributed by atoms with E-state index >= 15 is 0 Å². The van der Waals surface area contributed by atoms with Gasteiger partial charge in [0, 0.05) is 26.3 Å². The van der Waals surface area contributed by atoms with E-state index in [1.807, 2.05) is 13.0 Å². The van der Waals surface area contributed by atoms with E-state index in [1.54, 1.807) is 31.1 Å². The highest BCUT2D eigenvalue weighted by Gasteiger charge is 2.35. The number of likely N-dealkylation sites (tertiary alicyclic amines) is 1. The molecular formula is C15H21N3O2. The van der Waals surface area contributed by atoms with Gasteiger partial charge in [0.25, 0.3) is 5.91 Å². The van der Waals surface area contributed by atoms with E-state index in [0.717, 1.165) is 12.0 Å². The Morgan fingerprint density at radius 2 is 2.05 bits per heavy atom. The molecule has 5 heteroatoms. The van der Waals surface area contributed by atoms with Gasteiger partial charge in [-0.3, -0.25) is 9.59 Å². The Labute approximate surface area is 119 Å². The van der Waals surface area contributed by atoms with Gasteiger partial charge in [-0.2, -0.15) is 0 Å². The number of likely N-dealkylation sites (N-methyl/N-ethyl adjacent to an activating group) is 1. The van der Waals surface area contributed by atoms with Gasteiger partial charge in [-0.05, 0) is 31.9 Å². The van der Waals surface area contributed by atoms with Crippen LogP contribution in [-0.4, -0.2) is 48.3 Å². The van der Waals surface area contributed by atoms with Crippen molar-refractivity contribution in [1.82, 2.24) is 9.80 Å². The minimum Gasteiger partial charge on any atom is -0.398 e. The number of nitrogen functional groups attached to an aromatic ring is 1. The van der Waals surface area contributed by atoms with Crippen LogP contribution in [-0.2, 0) is 4.79 Å². The Balaban J connectivity index is 2.28. The number of nitrogens with two attached hydrogens (primary N) is 1. The number of carbonyl (C=O) groups excluding carboxylic acids is 2. The molecule has 1 unspecified atom stereocenters. The van der Waals surface area contributed by atoms with Gasteiger partial charge in [0.2, 0.25) is 5.91 Å². The third kappa shape index (κ3) is 2.61. The van der Waals surface area contributed by atoms with Crippen LogP contribution in [0.5, 0.6) is 0 Å². The van der Waals surface area contributed by atoms with Crippen LogP contribution in [0.4, 0.5) is 5.69 Å². The monoisotopic (exact) mass is 275 g/mol. The summed E-state index contributed by atoms with van der Waals surface area (Å²) in [5, 5.41) is 0. The minimum atomic E-state index is -0.364. The summed E-state index contributed by atoms with van der Waals surface area (Å²) in [7, 11) is 3.43. The number of anilines is 1. The summed E-state index contributed by atoms with van der Waals surface area (Å²) in [5.41, 5.74) is 7.83. The Kier molecular flexibility index (Phi) is 3.97. The number of aryl methyl sites for hydroxylation is 1. The summed E-state index contributed by atoms with van der Waals surface area (Å²) in [6.45, 7) is 2.53. The highest BCUT2D eigenvalue weighted by atomic mass is 16.2. The lowest BCUT2D eigenvalue weighted by Gasteiger charge is -2.26. The molecule has 1 aromatic rings. The maximum Gasteiger partial charge on any atom is 0.256 e. The summed E-state index contributed by atoms with van der Waals surface area (Å²) in [6.07, 6.45) is 1.57. The van der Waals surface area contributed by atoms with Crippen LogP contribution in [0.25, 0.3) is 0 Å². The number of hydrogen-bond donors (Lipinski definition) is 1. The number of rotatable bonds is 2. The van der Waals surface area contributed by atoms with E-state index in [4.69, 9.17) is 5.73 Å². The molecule has 108 valence electrons. The molecule has 1 saturated heterocycles. The molecule has 1 heterocycles. The molecule has 0 aromatic heterocycles. The average Bonchev–Trinajstić information content (AvgIpc) is 2.88. The van der Waals surface area contributed by atoms with Crippen molar-refractivity contribution in [3.05, 3.63) is 29.3 Å². The first kappa shape index (κ1) is 14.4. The normalized spacial score (nSPS) is 18.1. The molecule has 1 aliphatic rings. The maximum absolute atomic E-state index is 12.6. The fraction of sp³-hybridized carbons (Fsp3) is 0.467. The van der Waals surface area contributed by atoms with Gasteiger partial charge in [-0.1, -0.05) is 11.6 Å². The Bertz CT molecular complexity index is 540. The molecule has 20 heavy (non-hydrogen) atoms.